The van der Waals surface area contributed by atoms with Gasteiger partial charge in [0.05, 0.1) is 23.6 Å². The zero-order valence-electron chi connectivity index (χ0n) is 18.1. The number of nitriles is 1. The van der Waals surface area contributed by atoms with Crippen LogP contribution in [0.3, 0.4) is 0 Å². The first-order valence-corrected chi connectivity index (χ1v) is 12.6. The summed E-state index contributed by atoms with van der Waals surface area (Å²) in [4.78, 5) is 34.6. The van der Waals surface area contributed by atoms with Crippen LogP contribution in [0.25, 0.3) is 10.2 Å². The highest BCUT2D eigenvalue weighted by molar-refractivity contribution is 7.99. The van der Waals surface area contributed by atoms with Gasteiger partial charge in [-0.3, -0.25) is 14.2 Å². The number of allylic oxidation sites excluding steroid dienone is 1. The molecule has 4 rings (SSSR count). The fraction of sp³-hybridized carbons (Fsp3) is 0.333. The van der Waals surface area contributed by atoms with Gasteiger partial charge in [0, 0.05) is 23.7 Å². The van der Waals surface area contributed by atoms with E-state index in [1.807, 2.05) is 6.07 Å². The Hall–Kier alpha value is -2.96. The third-order valence-corrected chi connectivity index (χ3v) is 7.71. The van der Waals surface area contributed by atoms with E-state index >= 15 is 0 Å². The molecule has 0 unspecified atom stereocenters. The van der Waals surface area contributed by atoms with Crippen molar-refractivity contribution in [2.24, 2.45) is 0 Å². The van der Waals surface area contributed by atoms with E-state index in [2.05, 4.69) is 6.58 Å². The number of anilines is 1. The largest absolute Gasteiger partial charge is 0.311 e. The van der Waals surface area contributed by atoms with Gasteiger partial charge in [0.1, 0.15) is 10.6 Å². The molecule has 0 atom stereocenters. The minimum atomic E-state index is -0.398. The second-order valence-electron chi connectivity index (χ2n) is 7.71. The van der Waals surface area contributed by atoms with E-state index in [4.69, 9.17) is 10.2 Å². The lowest BCUT2D eigenvalue weighted by atomic mass is 9.97. The normalized spacial score (nSPS) is 12.8. The molecule has 1 aliphatic rings. The Balaban J connectivity index is 1.63. The van der Waals surface area contributed by atoms with Gasteiger partial charge in [0.25, 0.3) is 5.56 Å². The molecular formula is C24H23FN4O2S2. The molecule has 0 N–H and O–H groups in total. The summed E-state index contributed by atoms with van der Waals surface area (Å²) < 4.78 is 14.9. The van der Waals surface area contributed by atoms with Crippen LogP contribution in [-0.4, -0.2) is 27.8 Å². The lowest BCUT2D eigenvalue weighted by molar-refractivity contribution is -0.116. The molecule has 3 aromatic rings. The van der Waals surface area contributed by atoms with E-state index in [9.17, 15) is 14.0 Å². The Morgan fingerprint density at radius 3 is 2.82 bits per heavy atom. The van der Waals surface area contributed by atoms with Crippen LogP contribution in [0.4, 0.5) is 10.1 Å². The Labute approximate surface area is 199 Å². The van der Waals surface area contributed by atoms with Crippen molar-refractivity contribution in [1.29, 1.82) is 5.26 Å². The van der Waals surface area contributed by atoms with Gasteiger partial charge in [-0.25, -0.2) is 9.37 Å². The summed E-state index contributed by atoms with van der Waals surface area (Å²) in [6.45, 7) is 4.27. The highest BCUT2D eigenvalue weighted by Crippen LogP contribution is 2.34. The topological polar surface area (TPSA) is 79.0 Å². The number of nitrogens with zero attached hydrogens (tertiary/aromatic N) is 4. The molecule has 1 amide bonds. The van der Waals surface area contributed by atoms with Crippen molar-refractivity contribution in [1.82, 2.24) is 9.55 Å². The monoisotopic (exact) mass is 482 g/mol. The molecule has 6 nitrogen and oxygen atoms in total. The number of hydrogen-bond acceptors (Lipinski definition) is 6. The molecule has 0 bridgehead atoms. The second kappa shape index (κ2) is 10.3. The fourth-order valence-corrected chi connectivity index (χ4v) is 6.19. The van der Waals surface area contributed by atoms with Gasteiger partial charge in [-0.2, -0.15) is 5.26 Å². The average molecular weight is 483 g/mol. The van der Waals surface area contributed by atoms with E-state index in [0.29, 0.717) is 22.8 Å². The number of hydrogen-bond donors (Lipinski definition) is 0. The summed E-state index contributed by atoms with van der Waals surface area (Å²) in [5, 5.41) is 10.2. The molecule has 2 heterocycles. The van der Waals surface area contributed by atoms with Gasteiger partial charge in [0.15, 0.2) is 5.16 Å². The maximum atomic E-state index is 13.3. The highest BCUT2D eigenvalue weighted by Gasteiger charge is 2.23. The molecule has 33 heavy (non-hydrogen) atoms. The number of benzene rings is 1. The lowest BCUT2D eigenvalue weighted by Gasteiger charge is -2.22. The van der Waals surface area contributed by atoms with Crippen LogP contribution in [0, 0.1) is 17.1 Å². The van der Waals surface area contributed by atoms with Gasteiger partial charge < -0.3 is 4.90 Å². The molecule has 0 saturated heterocycles. The lowest BCUT2D eigenvalue weighted by Crippen LogP contribution is -2.33. The molecule has 9 heteroatoms. The predicted octanol–water partition coefficient (Wildman–Crippen LogP) is 4.70. The van der Waals surface area contributed by atoms with Crippen LogP contribution in [0.15, 0.2) is 46.9 Å². The summed E-state index contributed by atoms with van der Waals surface area (Å²) >= 11 is 2.77. The number of carbonyl (C=O) groups excluding carboxylic acids is 1. The van der Waals surface area contributed by atoms with Crippen molar-refractivity contribution >= 4 is 44.9 Å². The zero-order chi connectivity index (χ0) is 23.4. The van der Waals surface area contributed by atoms with E-state index in [0.717, 1.165) is 36.1 Å². The summed E-state index contributed by atoms with van der Waals surface area (Å²) in [5.74, 6) is -0.611. The van der Waals surface area contributed by atoms with Gasteiger partial charge in [-0.05, 0) is 55.5 Å². The Morgan fingerprint density at radius 1 is 1.33 bits per heavy atom. The number of halogens is 1. The van der Waals surface area contributed by atoms with Gasteiger partial charge in [0.2, 0.25) is 5.91 Å². The minimum Gasteiger partial charge on any atom is -0.311 e. The standard InChI is InChI=1S/C24H23FN4O2S2/c1-2-13-29-23(31)21-18-6-3-4-7-19(18)33-22(21)27-24(29)32-15-20(30)28(14-5-12-26)17-10-8-16(25)9-11-17/h2,8-11H,1,3-7,13-15H2. The number of amides is 1. The van der Waals surface area contributed by atoms with E-state index < -0.39 is 5.82 Å². The first kappa shape index (κ1) is 23.2. The first-order valence-electron chi connectivity index (χ1n) is 10.7. The van der Waals surface area contributed by atoms with Crippen LogP contribution in [0.2, 0.25) is 0 Å². The number of thioether (sulfide) groups is 1. The van der Waals surface area contributed by atoms with Crippen LogP contribution in [0.1, 0.15) is 29.7 Å². The predicted molar refractivity (Wildman–Crippen MR) is 130 cm³/mol. The number of aryl methyl sites for hydroxylation is 2. The van der Waals surface area contributed by atoms with Crippen LogP contribution >= 0.6 is 23.1 Å². The Kier molecular flexibility index (Phi) is 7.26. The van der Waals surface area contributed by atoms with Crippen molar-refractivity contribution < 1.29 is 9.18 Å². The molecule has 0 aliphatic heterocycles. The molecule has 2 aromatic heterocycles. The number of thiophene rings is 1. The molecular weight excluding hydrogens is 459 g/mol. The molecule has 170 valence electrons. The minimum absolute atomic E-state index is 0.0307. The molecule has 0 fully saturated rings. The van der Waals surface area contributed by atoms with Crippen molar-refractivity contribution in [3.05, 3.63) is 63.5 Å². The van der Waals surface area contributed by atoms with Crippen molar-refractivity contribution in [3.8, 4) is 6.07 Å². The van der Waals surface area contributed by atoms with E-state index in [1.165, 1.54) is 45.8 Å². The highest BCUT2D eigenvalue weighted by atomic mass is 32.2. The van der Waals surface area contributed by atoms with Crippen molar-refractivity contribution in [2.45, 2.75) is 43.8 Å². The molecule has 0 spiro atoms. The zero-order valence-corrected chi connectivity index (χ0v) is 19.7. The maximum absolute atomic E-state index is 13.3. The number of carbonyl (C=O) groups is 1. The van der Waals surface area contributed by atoms with Crippen molar-refractivity contribution in [3.63, 3.8) is 0 Å². The first-order chi connectivity index (χ1) is 16.0. The van der Waals surface area contributed by atoms with Gasteiger partial charge in [-0.1, -0.05) is 17.8 Å². The number of aromatic nitrogens is 2. The van der Waals surface area contributed by atoms with Gasteiger partial charge in [-0.15, -0.1) is 17.9 Å². The Bertz CT molecular complexity index is 1290. The second-order valence-corrected chi connectivity index (χ2v) is 9.73. The fourth-order valence-electron chi connectivity index (χ4n) is 4.00. The SMILES string of the molecule is C=CCn1c(SCC(=O)N(CCC#N)c2ccc(F)cc2)nc2sc3c(c2c1=O)CCCC3. The number of rotatable bonds is 8. The van der Waals surface area contributed by atoms with E-state index in [1.54, 1.807) is 22.0 Å². The third kappa shape index (κ3) is 4.87. The molecule has 0 saturated carbocycles. The third-order valence-electron chi connectivity index (χ3n) is 5.56. The quantitative estimate of drug-likeness (QED) is 0.264. The number of fused-ring (bicyclic) bond motifs is 3. The smallest absolute Gasteiger partial charge is 0.263 e. The van der Waals surface area contributed by atoms with Crippen LogP contribution in [-0.2, 0) is 24.2 Å². The van der Waals surface area contributed by atoms with Crippen LogP contribution in [0.5, 0.6) is 0 Å². The Morgan fingerprint density at radius 2 is 2.09 bits per heavy atom. The van der Waals surface area contributed by atoms with Crippen LogP contribution < -0.4 is 10.5 Å². The molecule has 1 aliphatic carbocycles. The summed E-state index contributed by atoms with van der Waals surface area (Å²) in [6, 6.07) is 7.64. The maximum Gasteiger partial charge on any atom is 0.263 e. The molecule has 1 aromatic carbocycles. The molecule has 0 radical (unpaired) electrons. The average Bonchev–Trinajstić information content (AvgIpc) is 3.19. The van der Waals surface area contributed by atoms with Gasteiger partial charge >= 0.3 is 0 Å². The van der Waals surface area contributed by atoms with E-state index in [-0.39, 0.29) is 30.2 Å². The summed E-state index contributed by atoms with van der Waals surface area (Å²) in [5.41, 5.74) is 1.56. The summed E-state index contributed by atoms with van der Waals surface area (Å²) in [6.07, 6.45) is 5.88. The van der Waals surface area contributed by atoms with Crippen molar-refractivity contribution in [2.75, 3.05) is 17.2 Å². The summed E-state index contributed by atoms with van der Waals surface area (Å²) in [7, 11) is 0.